The van der Waals surface area contributed by atoms with E-state index < -0.39 is 0 Å². The topological polar surface area (TPSA) is 89.2 Å². The quantitative estimate of drug-likeness (QED) is 0.604. The van der Waals surface area contributed by atoms with Crippen molar-refractivity contribution in [3.63, 3.8) is 0 Å². The third-order valence-electron chi connectivity index (χ3n) is 3.83. The Bertz CT molecular complexity index is 454. The zero-order valence-corrected chi connectivity index (χ0v) is 11.2. The van der Waals surface area contributed by atoms with Crippen LogP contribution >= 0.6 is 0 Å². The van der Waals surface area contributed by atoms with Crippen molar-refractivity contribution in [2.24, 2.45) is 11.8 Å². The molecule has 1 aromatic rings. The van der Waals surface area contributed by atoms with Crippen molar-refractivity contribution < 1.29 is 4.74 Å². The normalized spacial score (nSPS) is 24.8. The minimum atomic E-state index is 0.350. The molecule has 1 saturated heterocycles. The smallest absolute Gasteiger partial charge is 0.323 e. The molecule has 2 unspecified atom stereocenters. The number of nitrogen functional groups attached to an aromatic ring is 1. The lowest BCUT2D eigenvalue weighted by atomic mass is 10.1. The summed E-state index contributed by atoms with van der Waals surface area (Å²) in [7, 11) is 0. The fourth-order valence-electron chi connectivity index (χ4n) is 2.97. The molecule has 2 heterocycles. The van der Waals surface area contributed by atoms with Crippen LogP contribution in [0.4, 0.5) is 11.9 Å². The summed E-state index contributed by atoms with van der Waals surface area (Å²) in [5.74, 6) is 7.24. The molecule has 0 spiro atoms. The summed E-state index contributed by atoms with van der Waals surface area (Å²) in [4.78, 5) is 15.1. The van der Waals surface area contributed by atoms with E-state index in [-0.39, 0.29) is 0 Å². The number of fused-ring (bicyclic) bond motifs is 2. The van der Waals surface area contributed by atoms with Gasteiger partial charge in [-0.3, -0.25) is 5.43 Å². The highest BCUT2D eigenvalue weighted by molar-refractivity contribution is 5.41. The van der Waals surface area contributed by atoms with Gasteiger partial charge in [-0.25, -0.2) is 5.84 Å². The van der Waals surface area contributed by atoms with Gasteiger partial charge in [-0.05, 0) is 31.6 Å². The molecule has 0 aromatic carbocycles. The average molecular weight is 264 g/mol. The van der Waals surface area contributed by atoms with Crippen LogP contribution in [-0.2, 0) is 0 Å². The number of nitrogens with one attached hydrogen (secondary N) is 1. The lowest BCUT2D eigenvalue weighted by Gasteiger charge is -2.27. The van der Waals surface area contributed by atoms with Gasteiger partial charge in [-0.15, -0.1) is 0 Å². The molecule has 2 atom stereocenters. The van der Waals surface area contributed by atoms with Crippen LogP contribution in [0.15, 0.2) is 0 Å². The van der Waals surface area contributed by atoms with E-state index in [0.29, 0.717) is 30.6 Å². The van der Waals surface area contributed by atoms with Crippen LogP contribution in [0.2, 0.25) is 0 Å². The number of hydrogen-bond donors (Lipinski definition) is 2. The maximum atomic E-state index is 5.49. The van der Waals surface area contributed by atoms with E-state index in [1.807, 2.05) is 6.92 Å². The fourth-order valence-corrected chi connectivity index (χ4v) is 2.97. The lowest BCUT2D eigenvalue weighted by Crippen LogP contribution is -2.33. The second-order valence-corrected chi connectivity index (χ2v) is 5.22. The fraction of sp³-hybridized carbons (Fsp3) is 0.750. The number of rotatable bonds is 5. The van der Waals surface area contributed by atoms with Crippen molar-refractivity contribution >= 4 is 11.9 Å². The molecule has 2 fully saturated rings. The molecule has 7 nitrogen and oxygen atoms in total. The Kier molecular flexibility index (Phi) is 3.37. The van der Waals surface area contributed by atoms with E-state index in [9.17, 15) is 0 Å². The summed E-state index contributed by atoms with van der Waals surface area (Å²) < 4.78 is 5.49. The molecular formula is C12H20N6O. The molecular weight excluding hydrogens is 244 g/mol. The minimum Gasteiger partial charge on any atom is -0.463 e. The van der Waals surface area contributed by atoms with Gasteiger partial charge in [0.1, 0.15) is 0 Å². The molecule has 1 aliphatic heterocycles. The molecule has 1 aromatic heterocycles. The Morgan fingerprint density at radius 3 is 2.89 bits per heavy atom. The third-order valence-corrected chi connectivity index (χ3v) is 3.83. The Morgan fingerprint density at radius 1 is 1.37 bits per heavy atom. The molecule has 3 rings (SSSR count). The monoisotopic (exact) mass is 264 g/mol. The van der Waals surface area contributed by atoms with Crippen molar-refractivity contribution in [2.45, 2.75) is 38.6 Å². The standard InChI is InChI=1S/C12H20N6O/c1-2-5-19-12-15-10(17-13)14-11(16-12)18-7-8-3-4-9(18)6-8/h8-9H,2-7,13H2,1H3,(H,14,15,16,17). The van der Waals surface area contributed by atoms with Gasteiger partial charge in [0.15, 0.2) is 0 Å². The second-order valence-electron chi connectivity index (χ2n) is 5.22. The summed E-state index contributed by atoms with van der Waals surface area (Å²) >= 11 is 0. The summed E-state index contributed by atoms with van der Waals surface area (Å²) in [5, 5.41) is 0. The molecule has 19 heavy (non-hydrogen) atoms. The van der Waals surface area contributed by atoms with E-state index >= 15 is 0 Å². The van der Waals surface area contributed by atoms with Crippen molar-refractivity contribution in [3.8, 4) is 6.01 Å². The molecule has 0 radical (unpaired) electrons. The number of piperidine rings is 1. The van der Waals surface area contributed by atoms with Crippen LogP contribution in [0.5, 0.6) is 6.01 Å². The highest BCUT2D eigenvalue weighted by Gasteiger charge is 2.39. The second kappa shape index (κ2) is 5.16. The van der Waals surface area contributed by atoms with Crippen molar-refractivity contribution in [1.82, 2.24) is 15.0 Å². The molecule has 3 N–H and O–H groups in total. The van der Waals surface area contributed by atoms with Gasteiger partial charge < -0.3 is 9.64 Å². The SMILES string of the molecule is CCCOc1nc(NN)nc(N2CC3CCC2C3)n1. The lowest BCUT2D eigenvalue weighted by molar-refractivity contribution is 0.291. The number of hydrogen-bond acceptors (Lipinski definition) is 7. The molecule has 1 aliphatic carbocycles. The first-order valence-electron chi connectivity index (χ1n) is 6.92. The average Bonchev–Trinajstić information content (AvgIpc) is 3.07. The maximum absolute atomic E-state index is 5.49. The molecule has 1 saturated carbocycles. The van der Waals surface area contributed by atoms with Crippen LogP contribution in [0, 0.1) is 5.92 Å². The van der Waals surface area contributed by atoms with Crippen molar-refractivity contribution in [2.75, 3.05) is 23.5 Å². The maximum Gasteiger partial charge on any atom is 0.323 e. The van der Waals surface area contributed by atoms with Crippen LogP contribution in [0.3, 0.4) is 0 Å². The van der Waals surface area contributed by atoms with Gasteiger partial charge in [-0.2, -0.15) is 15.0 Å². The van der Waals surface area contributed by atoms with Gasteiger partial charge in [0.2, 0.25) is 11.9 Å². The predicted molar refractivity (Wildman–Crippen MR) is 71.9 cm³/mol. The number of nitrogens with two attached hydrogens (primary N) is 1. The zero-order chi connectivity index (χ0) is 13.2. The van der Waals surface area contributed by atoms with Gasteiger partial charge >= 0.3 is 6.01 Å². The van der Waals surface area contributed by atoms with Gasteiger partial charge in [0.25, 0.3) is 0 Å². The highest BCUT2D eigenvalue weighted by Crippen LogP contribution is 2.39. The predicted octanol–water partition coefficient (Wildman–Crippen LogP) is 0.935. The van der Waals surface area contributed by atoms with E-state index in [1.165, 1.54) is 19.3 Å². The van der Waals surface area contributed by atoms with Gasteiger partial charge in [0, 0.05) is 12.6 Å². The van der Waals surface area contributed by atoms with Crippen LogP contribution in [0.25, 0.3) is 0 Å². The third kappa shape index (κ3) is 2.42. The molecule has 104 valence electrons. The summed E-state index contributed by atoms with van der Waals surface area (Å²) in [6, 6.07) is 0.916. The van der Waals surface area contributed by atoms with Crippen molar-refractivity contribution in [1.29, 1.82) is 0 Å². The van der Waals surface area contributed by atoms with E-state index in [4.69, 9.17) is 10.6 Å². The molecule has 2 bridgehead atoms. The Hall–Kier alpha value is -1.63. The zero-order valence-electron chi connectivity index (χ0n) is 11.2. The van der Waals surface area contributed by atoms with E-state index in [0.717, 1.165) is 18.9 Å². The minimum absolute atomic E-state index is 0.350. The first kappa shape index (κ1) is 12.4. The van der Waals surface area contributed by atoms with E-state index in [1.54, 1.807) is 0 Å². The number of hydrazine groups is 1. The number of ether oxygens (including phenoxy) is 1. The van der Waals surface area contributed by atoms with Gasteiger partial charge in [0.05, 0.1) is 6.61 Å². The highest BCUT2D eigenvalue weighted by atomic mass is 16.5. The van der Waals surface area contributed by atoms with E-state index in [2.05, 4.69) is 25.3 Å². The number of anilines is 2. The molecule has 2 aliphatic rings. The number of aromatic nitrogens is 3. The largest absolute Gasteiger partial charge is 0.463 e. The Labute approximate surface area is 112 Å². The van der Waals surface area contributed by atoms with Crippen LogP contribution in [-0.4, -0.2) is 34.1 Å². The van der Waals surface area contributed by atoms with Crippen molar-refractivity contribution in [3.05, 3.63) is 0 Å². The molecule has 0 amide bonds. The number of nitrogens with zero attached hydrogens (tertiary/aromatic N) is 4. The summed E-state index contributed by atoms with van der Waals surface area (Å²) in [6.45, 7) is 3.68. The first-order chi connectivity index (χ1) is 9.30. The Balaban J connectivity index is 1.83. The summed E-state index contributed by atoms with van der Waals surface area (Å²) in [6.07, 6.45) is 4.73. The molecule has 7 heteroatoms. The van der Waals surface area contributed by atoms with Crippen LogP contribution in [0.1, 0.15) is 32.6 Å². The summed E-state index contributed by atoms with van der Waals surface area (Å²) in [5.41, 5.74) is 2.48. The Morgan fingerprint density at radius 2 is 2.26 bits per heavy atom. The van der Waals surface area contributed by atoms with Crippen LogP contribution < -0.4 is 20.9 Å². The van der Waals surface area contributed by atoms with Gasteiger partial charge in [-0.1, -0.05) is 6.92 Å². The first-order valence-corrected chi connectivity index (χ1v) is 6.92.